The first kappa shape index (κ1) is 20.8. The molecule has 1 aliphatic rings. The Morgan fingerprint density at radius 3 is 2.39 bits per heavy atom. The number of carbonyl (C=O) groups excluding carboxylic acids is 1. The van der Waals surface area contributed by atoms with Crippen LogP contribution in [-0.2, 0) is 17.6 Å². The van der Waals surface area contributed by atoms with Crippen molar-refractivity contribution in [1.29, 1.82) is 0 Å². The van der Waals surface area contributed by atoms with Gasteiger partial charge in [-0.1, -0.05) is 47.4 Å². The molecule has 31 heavy (non-hydrogen) atoms. The molecule has 1 atom stereocenters. The molecule has 1 aromatic heterocycles. The molecular formula is C24H26N6O. The van der Waals surface area contributed by atoms with E-state index in [9.17, 15) is 4.79 Å². The summed E-state index contributed by atoms with van der Waals surface area (Å²) in [6.45, 7) is 1.48. The highest BCUT2D eigenvalue weighted by molar-refractivity contribution is 5.81. The average Bonchev–Trinajstić information content (AvgIpc) is 3.32. The van der Waals surface area contributed by atoms with Gasteiger partial charge in [-0.3, -0.25) is 4.79 Å². The van der Waals surface area contributed by atoms with Crippen LogP contribution < -0.4 is 5.73 Å². The molecule has 3 aromatic rings. The van der Waals surface area contributed by atoms with Crippen LogP contribution in [0.2, 0.25) is 0 Å². The molecule has 7 heteroatoms. The predicted octanol–water partition coefficient (Wildman–Crippen LogP) is 1.95. The van der Waals surface area contributed by atoms with Crippen molar-refractivity contribution in [3.8, 4) is 11.8 Å². The van der Waals surface area contributed by atoms with Crippen molar-refractivity contribution in [2.24, 2.45) is 11.7 Å². The Kier molecular flexibility index (Phi) is 6.70. The fourth-order valence-electron chi connectivity index (χ4n) is 3.87. The molecule has 0 unspecified atom stereocenters. The summed E-state index contributed by atoms with van der Waals surface area (Å²) in [6, 6.07) is 17.9. The van der Waals surface area contributed by atoms with Crippen LogP contribution >= 0.6 is 0 Å². The third-order valence-corrected chi connectivity index (χ3v) is 5.64. The fourth-order valence-corrected chi connectivity index (χ4v) is 3.87. The minimum absolute atomic E-state index is 0.0374. The van der Waals surface area contributed by atoms with Crippen molar-refractivity contribution in [3.05, 3.63) is 77.1 Å². The van der Waals surface area contributed by atoms with Crippen LogP contribution in [0.5, 0.6) is 0 Å². The Balaban J connectivity index is 1.25. The molecule has 1 aliphatic heterocycles. The van der Waals surface area contributed by atoms with Gasteiger partial charge in [0.1, 0.15) is 0 Å². The van der Waals surface area contributed by atoms with E-state index in [2.05, 4.69) is 56.7 Å². The number of tetrazole rings is 1. The summed E-state index contributed by atoms with van der Waals surface area (Å²) in [4.78, 5) is 14.5. The fraction of sp³-hybridized carbons (Fsp3) is 0.333. The zero-order valence-electron chi connectivity index (χ0n) is 17.4. The second-order valence-electron chi connectivity index (χ2n) is 7.92. The quantitative estimate of drug-likeness (QED) is 0.622. The van der Waals surface area contributed by atoms with Crippen molar-refractivity contribution in [1.82, 2.24) is 25.5 Å². The van der Waals surface area contributed by atoms with E-state index in [1.807, 2.05) is 35.2 Å². The summed E-state index contributed by atoms with van der Waals surface area (Å²) in [5, 5.41) is 13.6. The van der Waals surface area contributed by atoms with Crippen LogP contribution in [0.25, 0.3) is 0 Å². The lowest BCUT2D eigenvalue weighted by molar-refractivity contribution is -0.134. The van der Waals surface area contributed by atoms with E-state index in [0.29, 0.717) is 18.2 Å². The third kappa shape index (κ3) is 5.77. The Morgan fingerprint density at radius 2 is 1.74 bits per heavy atom. The normalized spacial score (nSPS) is 15.2. The minimum Gasteiger partial charge on any atom is -0.341 e. The highest BCUT2D eigenvalue weighted by Crippen LogP contribution is 2.22. The number of nitrogens with zero attached hydrogens (tertiary/aromatic N) is 4. The molecule has 0 radical (unpaired) electrons. The lowest BCUT2D eigenvalue weighted by Gasteiger charge is -2.33. The standard InChI is InChI=1S/C24H26N6O/c25-22(17-23-26-28-29-27-23)24(31)30-14-12-21(13-15-30)16-20-10-8-19(9-11-20)7-6-18-4-2-1-3-5-18/h1-5,8-11,21-22H,12-17,25H2,(H,26,27,28,29)/t22-/m1/s1. The molecule has 2 heterocycles. The second kappa shape index (κ2) is 10.0. The molecule has 0 spiro atoms. The number of rotatable bonds is 5. The van der Waals surface area contributed by atoms with Crippen LogP contribution in [0.15, 0.2) is 54.6 Å². The van der Waals surface area contributed by atoms with E-state index in [1.165, 1.54) is 5.56 Å². The highest BCUT2D eigenvalue weighted by Gasteiger charge is 2.27. The van der Waals surface area contributed by atoms with Gasteiger partial charge in [-0.05, 0) is 55.0 Å². The smallest absolute Gasteiger partial charge is 0.239 e. The van der Waals surface area contributed by atoms with E-state index in [4.69, 9.17) is 5.73 Å². The molecule has 1 amide bonds. The van der Waals surface area contributed by atoms with Crippen molar-refractivity contribution in [2.75, 3.05) is 13.1 Å². The summed E-state index contributed by atoms with van der Waals surface area (Å²) < 4.78 is 0. The molecule has 0 aliphatic carbocycles. The van der Waals surface area contributed by atoms with Crippen molar-refractivity contribution < 1.29 is 4.79 Å². The molecule has 1 fully saturated rings. The topological polar surface area (TPSA) is 101 Å². The average molecular weight is 415 g/mol. The van der Waals surface area contributed by atoms with Gasteiger partial charge < -0.3 is 10.6 Å². The Labute approximate surface area is 182 Å². The van der Waals surface area contributed by atoms with Gasteiger partial charge >= 0.3 is 0 Å². The summed E-state index contributed by atoms with van der Waals surface area (Å²) in [7, 11) is 0. The predicted molar refractivity (Wildman–Crippen MR) is 118 cm³/mol. The summed E-state index contributed by atoms with van der Waals surface area (Å²) in [6.07, 6.45) is 3.28. The van der Waals surface area contributed by atoms with Crippen LogP contribution in [0.3, 0.4) is 0 Å². The van der Waals surface area contributed by atoms with Gasteiger partial charge in [-0.25, -0.2) is 0 Å². The van der Waals surface area contributed by atoms with E-state index < -0.39 is 6.04 Å². The Bertz CT molecular complexity index is 1030. The first-order valence-electron chi connectivity index (χ1n) is 10.6. The van der Waals surface area contributed by atoms with Crippen LogP contribution in [-0.4, -0.2) is 50.6 Å². The maximum Gasteiger partial charge on any atom is 0.239 e. The SMILES string of the molecule is N[C@H](Cc1nn[nH]n1)C(=O)N1CCC(Cc2ccc(C#Cc3ccccc3)cc2)CC1. The number of hydrogen-bond donors (Lipinski definition) is 2. The molecule has 0 saturated carbocycles. The second-order valence-corrected chi connectivity index (χ2v) is 7.92. The van der Waals surface area contributed by atoms with Gasteiger partial charge in [0.25, 0.3) is 0 Å². The molecular weight excluding hydrogens is 388 g/mol. The Hall–Kier alpha value is -3.50. The third-order valence-electron chi connectivity index (χ3n) is 5.64. The molecule has 2 aromatic carbocycles. The van der Waals surface area contributed by atoms with Crippen molar-refractivity contribution in [3.63, 3.8) is 0 Å². The Morgan fingerprint density at radius 1 is 1.06 bits per heavy atom. The number of nitrogens with one attached hydrogen (secondary N) is 1. The maximum atomic E-state index is 12.6. The molecule has 158 valence electrons. The lowest BCUT2D eigenvalue weighted by Crippen LogP contribution is -2.48. The zero-order valence-corrected chi connectivity index (χ0v) is 17.4. The summed E-state index contributed by atoms with van der Waals surface area (Å²) >= 11 is 0. The minimum atomic E-state index is -0.626. The number of H-pyrrole nitrogens is 1. The first-order chi connectivity index (χ1) is 15.2. The van der Waals surface area contributed by atoms with E-state index in [1.54, 1.807) is 0 Å². The van der Waals surface area contributed by atoms with Crippen LogP contribution in [0, 0.1) is 17.8 Å². The summed E-state index contributed by atoms with van der Waals surface area (Å²) in [5.41, 5.74) is 9.39. The number of likely N-dealkylation sites (tertiary alicyclic amines) is 1. The molecule has 0 bridgehead atoms. The van der Waals surface area contributed by atoms with E-state index in [0.717, 1.165) is 43.5 Å². The van der Waals surface area contributed by atoms with Gasteiger partial charge in [-0.2, -0.15) is 5.21 Å². The van der Waals surface area contributed by atoms with Gasteiger partial charge in [0.05, 0.1) is 6.04 Å². The van der Waals surface area contributed by atoms with Crippen molar-refractivity contribution >= 4 is 5.91 Å². The van der Waals surface area contributed by atoms with Gasteiger partial charge in [0.15, 0.2) is 5.82 Å². The lowest BCUT2D eigenvalue weighted by atomic mass is 9.89. The van der Waals surface area contributed by atoms with Gasteiger partial charge in [0.2, 0.25) is 5.91 Å². The number of benzene rings is 2. The van der Waals surface area contributed by atoms with Crippen LogP contribution in [0.4, 0.5) is 0 Å². The number of aromatic amines is 1. The number of hydrogen-bond acceptors (Lipinski definition) is 5. The van der Waals surface area contributed by atoms with E-state index in [-0.39, 0.29) is 5.91 Å². The molecule has 1 saturated heterocycles. The van der Waals surface area contributed by atoms with Gasteiger partial charge in [-0.15, -0.1) is 10.2 Å². The largest absolute Gasteiger partial charge is 0.341 e. The number of carbonyl (C=O) groups is 1. The molecule has 3 N–H and O–H groups in total. The number of nitrogens with two attached hydrogens (primary N) is 1. The monoisotopic (exact) mass is 414 g/mol. The van der Waals surface area contributed by atoms with Crippen LogP contribution in [0.1, 0.15) is 35.4 Å². The molecule has 4 rings (SSSR count). The summed E-state index contributed by atoms with van der Waals surface area (Å²) in [5.74, 6) is 7.40. The van der Waals surface area contributed by atoms with Gasteiger partial charge in [0, 0.05) is 30.6 Å². The van der Waals surface area contributed by atoms with E-state index >= 15 is 0 Å². The number of aromatic nitrogens is 4. The van der Waals surface area contributed by atoms with Crippen molar-refractivity contribution in [2.45, 2.75) is 31.7 Å². The zero-order chi connectivity index (χ0) is 21.5. The maximum absolute atomic E-state index is 12.6. The highest BCUT2D eigenvalue weighted by atomic mass is 16.2. The first-order valence-corrected chi connectivity index (χ1v) is 10.6. The molecule has 7 nitrogen and oxygen atoms in total. The number of piperidine rings is 1. The number of amides is 1.